The van der Waals surface area contributed by atoms with E-state index in [9.17, 15) is 0 Å². The first-order chi connectivity index (χ1) is 8.93. The van der Waals surface area contributed by atoms with Crippen molar-refractivity contribution in [3.8, 4) is 0 Å². The molecule has 0 amide bonds. The van der Waals surface area contributed by atoms with Crippen molar-refractivity contribution in [2.75, 3.05) is 19.6 Å². The highest BCUT2D eigenvalue weighted by Gasteiger charge is 2.39. The average Bonchev–Trinajstić information content (AvgIpc) is 2.38. The van der Waals surface area contributed by atoms with Gasteiger partial charge in [0, 0.05) is 12.6 Å². The normalized spacial score (nSPS) is 38.4. The van der Waals surface area contributed by atoms with E-state index >= 15 is 0 Å². The van der Waals surface area contributed by atoms with Crippen LogP contribution in [0, 0.1) is 23.2 Å². The maximum atomic E-state index is 5.98. The second kappa shape index (κ2) is 6.13. The molecule has 19 heavy (non-hydrogen) atoms. The molecule has 0 aromatic rings. The Morgan fingerprint density at radius 1 is 1.11 bits per heavy atom. The largest absolute Gasteiger partial charge is 0.330 e. The SMILES string of the molecule is CC1CCN(C2CCCCC2C(C)(C)C)CC1CN. The predicted octanol–water partition coefficient (Wildman–Crippen LogP) is 3.51. The molecule has 1 aliphatic carbocycles. The Morgan fingerprint density at radius 3 is 2.42 bits per heavy atom. The minimum Gasteiger partial charge on any atom is -0.330 e. The fourth-order valence-corrected chi connectivity index (χ4v) is 4.34. The van der Waals surface area contributed by atoms with Crippen LogP contribution in [0.15, 0.2) is 0 Å². The molecule has 112 valence electrons. The van der Waals surface area contributed by atoms with Gasteiger partial charge in [-0.15, -0.1) is 0 Å². The van der Waals surface area contributed by atoms with Gasteiger partial charge in [-0.1, -0.05) is 40.5 Å². The van der Waals surface area contributed by atoms with Crippen LogP contribution in [-0.2, 0) is 0 Å². The second-order valence-corrected chi connectivity index (χ2v) is 8.08. The Bertz CT molecular complexity index is 281. The van der Waals surface area contributed by atoms with Gasteiger partial charge in [-0.25, -0.2) is 0 Å². The molecule has 1 heterocycles. The van der Waals surface area contributed by atoms with E-state index in [1.54, 1.807) is 0 Å². The number of likely N-dealkylation sites (tertiary alicyclic amines) is 1. The maximum absolute atomic E-state index is 5.98. The van der Waals surface area contributed by atoms with Crippen LogP contribution in [0.1, 0.15) is 59.8 Å². The summed E-state index contributed by atoms with van der Waals surface area (Å²) in [5, 5.41) is 0. The van der Waals surface area contributed by atoms with Crippen molar-refractivity contribution in [2.24, 2.45) is 28.9 Å². The van der Waals surface area contributed by atoms with Crippen molar-refractivity contribution in [1.29, 1.82) is 0 Å². The van der Waals surface area contributed by atoms with Gasteiger partial charge in [-0.05, 0) is 55.5 Å². The van der Waals surface area contributed by atoms with Crippen molar-refractivity contribution in [1.82, 2.24) is 4.90 Å². The maximum Gasteiger partial charge on any atom is 0.0129 e. The van der Waals surface area contributed by atoms with Crippen molar-refractivity contribution in [3.63, 3.8) is 0 Å². The van der Waals surface area contributed by atoms with E-state index in [-0.39, 0.29) is 0 Å². The quantitative estimate of drug-likeness (QED) is 0.829. The fraction of sp³-hybridized carbons (Fsp3) is 1.00. The van der Waals surface area contributed by atoms with Crippen LogP contribution in [0.3, 0.4) is 0 Å². The number of piperidine rings is 1. The number of nitrogens with zero attached hydrogens (tertiary/aromatic N) is 1. The number of hydrogen-bond donors (Lipinski definition) is 1. The van der Waals surface area contributed by atoms with Gasteiger partial charge >= 0.3 is 0 Å². The lowest BCUT2D eigenvalue weighted by Crippen LogP contribution is -2.53. The van der Waals surface area contributed by atoms with E-state index < -0.39 is 0 Å². The van der Waals surface area contributed by atoms with Gasteiger partial charge in [-0.2, -0.15) is 0 Å². The highest BCUT2D eigenvalue weighted by atomic mass is 15.2. The lowest BCUT2D eigenvalue weighted by Gasteiger charge is -2.49. The Kier molecular flexibility index (Phi) is 4.94. The highest BCUT2D eigenvalue weighted by molar-refractivity contribution is 4.92. The third-order valence-electron chi connectivity index (χ3n) is 5.76. The molecule has 0 bridgehead atoms. The van der Waals surface area contributed by atoms with Gasteiger partial charge < -0.3 is 5.73 Å². The van der Waals surface area contributed by atoms with Crippen LogP contribution in [0.5, 0.6) is 0 Å². The molecule has 0 spiro atoms. The first-order valence-electron chi connectivity index (χ1n) is 8.37. The zero-order valence-electron chi connectivity index (χ0n) is 13.5. The second-order valence-electron chi connectivity index (χ2n) is 8.08. The number of rotatable bonds is 2. The van der Waals surface area contributed by atoms with Gasteiger partial charge in [-0.3, -0.25) is 4.90 Å². The van der Waals surface area contributed by atoms with Crippen LogP contribution in [0.25, 0.3) is 0 Å². The molecular formula is C17H34N2. The van der Waals surface area contributed by atoms with Crippen molar-refractivity contribution in [3.05, 3.63) is 0 Å². The predicted molar refractivity (Wildman–Crippen MR) is 83.1 cm³/mol. The first-order valence-corrected chi connectivity index (χ1v) is 8.37. The molecule has 1 saturated heterocycles. The van der Waals surface area contributed by atoms with Crippen molar-refractivity contribution in [2.45, 2.75) is 65.8 Å². The number of hydrogen-bond acceptors (Lipinski definition) is 2. The average molecular weight is 266 g/mol. The third kappa shape index (κ3) is 3.52. The molecule has 0 aromatic carbocycles. The molecule has 2 heteroatoms. The zero-order chi connectivity index (χ0) is 14.0. The summed E-state index contributed by atoms with van der Waals surface area (Å²) in [7, 11) is 0. The Balaban J connectivity index is 2.06. The van der Waals surface area contributed by atoms with E-state index in [2.05, 4.69) is 32.6 Å². The van der Waals surface area contributed by atoms with E-state index in [4.69, 9.17) is 5.73 Å². The summed E-state index contributed by atoms with van der Waals surface area (Å²) in [6.45, 7) is 13.1. The summed E-state index contributed by atoms with van der Waals surface area (Å²) < 4.78 is 0. The van der Waals surface area contributed by atoms with Crippen molar-refractivity contribution < 1.29 is 0 Å². The van der Waals surface area contributed by atoms with Crippen LogP contribution in [0.2, 0.25) is 0 Å². The fourth-order valence-electron chi connectivity index (χ4n) is 4.34. The summed E-state index contributed by atoms with van der Waals surface area (Å²) in [5.41, 5.74) is 6.43. The van der Waals surface area contributed by atoms with Gasteiger partial charge in [0.05, 0.1) is 0 Å². The molecule has 2 N–H and O–H groups in total. The van der Waals surface area contributed by atoms with Gasteiger partial charge in [0.15, 0.2) is 0 Å². The number of nitrogens with two attached hydrogens (primary N) is 1. The molecule has 0 radical (unpaired) electrons. The summed E-state index contributed by atoms with van der Waals surface area (Å²) in [5.74, 6) is 2.40. The molecule has 2 nitrogen and oxygen atoms in total. The molecule has 1 saturated carbocycles. The van der Waals surface area contributed by atoms with Crippen LogP contribution in [0.4, 0.5) is 0 Å². The molecule has 4 unspecified atom stereocenters. The standard InChI is InChI=1S/C17H34N2/c1-13-9-10-19(12-14(13)11-18)16-8-6-5-7-15(16)17(2,3)4/h13-16H,5-12,18H2,1-4H3. The molecule has 2 rings (SSSR count). The lowest BCUT2D eigenvalue weighted by atomic mass is 9.68. The molecule has 1 aliphatic heterocycles. The first kappa shape index (κ1) is 15.3. The van der Waals surface area contributed by atoms with E-state index in [1.165, 1.54) is 45.2 Å². The summed E-state index contributed by atoms with van der Waals surface area (Å²) >= 11 is 0. The minimum absolute atomic E-state index is 0.451. The van der Waals surface area contributed by atoms with Gasteiger partial charge in [0.25, 0.3) is 0 Å². The van der Waals surface area contributed by atoms with Crippen LogP contribution < -0.4 is 5.73 Å². The third-order valence-corrected chi connectivity index (χ3v) is 5.76. The van der Waals surface area contributed by atoms with Gasteiger partial charge in [0.1, 0.15) is 0 Å². The van der Waals surface area contributed by atoms with E-state index in [0.717, 1.165) is 30.3 Å². The molecule has 2 fully saturated rings. The smallest absolute Gasteiger partial charge is 0.0129 e. The molecule has 0 aromatic heterocycles. The summed E-state index contributed by atoms with van der Waals surface area (Å²) in [4.78, 5) is 2.80. The van der Waals surface area contributed by atoms with Crippen LogP contribution >= 0.6 is 0 Å². The van der Waals surface area contributed by atoms with E-state index in [0.29, 0.717) is 5.41 Å². The monoisotopic (exact) mass is 266 g/mol. The lowest BCUT2D eigenvalue weighted by molar-refractivity contribution is 0.00513. The zero-order valence-corrected chi connectivity index (χ0v) is 13.5. The molecule has 4 atom stereocenters. The Hall–Kier alpha value is -0.0800. The van der Waals surface area contributed by atoms with Crippen molar-refractivity contribution >= 4 is 0 Å². The highest BCUT2D eigenvalue weighted by Crippen LogP contribution is 2.41. The summed E-state index contributed by atoms with van der Waals surface area (Å²) in [6, 6.07) is 0.815. The Morgan fingerprint density at radius 2 is 1.79 bits per heavy atom. The minimum atomic E-state index is 0.451. The molecule has 2 aliphatic rings. The topological polar surface area (TPSA) is 29.3 Å². The Labute approximate surface area is 120 Å². The van der Waals surface area contributed by atoms with Crippen LogP contribution in [-0.4, -0.2) is 30.6 Å². The summed E-state index contributed by atoms with van der Waals surface area (Å²) in [6.07, 6.45) is 7.04. The molecular weight excluding hydrogens is 232 g/mol. The van der Waals surface area contributed by atoms with Gasteiger partial charge in [0.2, 0.25) is 0 Å². The van der Waals surface area contributed by atoms with E-state index in [1.807, 2.05) is 0 Å².